The number of aliphatic hydroxyl groups excluding tert-OH is 2. The van der Waals surface area contributed by atoms with Crippen molar-refractivity contribution in [1.29, 1.82) is 0 Å². The van der Waals surface area contributed by atoms with Gasteiger partial charge in [0, 0.05) is 12.8 Å². The molecule has 0 rings (SSSR count). The predicted octanol–water partition coefficient (Wildman–Crippen LogP) is 8.94. The fourth-order valence-corrected chi connectivity index (χ4v) is 4.63. The van der Waals surface area contributed by atoms with E-state index < -0.39 is 12.2 Å². The van der Waals surface area contributed by atoms with E-state index in [2.05, 4.69) is 39.0 Å². The minimum atomic E-state index is -0.806. The smallest absolute Gasteiger partial charge is 0.306 e. The first-order valence-corrected chi connectivity index (χ1v) is 17.0. The molecule has 0 aliphatic heterocycles. The molecule has 2 atom stereocenters. The Morgan fingerprint density at radius 2 is 1.24 bits per heavy atom. The standard InChI is InChI=1S/C36H64O6/c1-4-5-6-7-11-16-21-26-33(38)27-22-17-14-19-24-29-36(40)42-34(30-37)31-41-35(39)28-23-18-13-10-8-9-12-15-20-25-32(2)3/h5-6,11,16,21,26,32-34,37-38H,4,7-10,12-15,17-20,22-25,27-31H2,1-3H3/b6-5+,16-11+,26-21+/t33?,34-/m0/s1. The topological polar surface area (TPSA) is 93.1 Å². The first-order valence-electron chi connectivity index (χ1n) is 17.0. The van der Waals surface area contributed by atoms with E-state index in [1.165, 1.54) is 44.9 Å². The molecule has 0 aromatic rings. The highest BCUT2D eigenvalue weighted by Crippen LogP contribution is 2.14. The Hall–Kier alpha value is -1.92. The highest BCUT2D eigenvalue weighted by atomic mass is 16.6. The lowest BCUT2D eigenvalue weighted by Gasteiger charge is -2.15. The van der Waals surface area contributed by atoms with Gasteiger partial charge in [-0.05, 0) is 38.0 Å². The van der Waals surface area contributed by atoms with E-state index in [-0.39, 0.29) is 31.6 Å². The monoisotopic (exact) mass is 592 g/mol. The molecule has 0 heterocycles. The van der Waals surface area contributed by atoms with Gasteiger partial charge in [0.15, 0.2) is 6.10 Å². The van der Waals surface area contributed by atoms with Gasteiger partial charge in [0.2, 0.25) is 0 Å². The molecule has 0 radical (unpaired) electrons. The summed E-state index contributed by atoms with van der Waals surface area (Å²) in [6.45, 7) is 6.22. The van der Waals surface area contributed by atoms with Gasteiger partial charge in [-0.1, -0.05) is 141 Å². The fourth-order valence-electron chi connectivity index (χ4n) is 4.63. The summed E-state index contributed by atoms with van der Waals surface area (Å²) in [6.07, 6.45) is 30.8. The number of unbranched alkanes of at least 4 members (excludes halogenated alkanes) is 12. The minimum Gasteiger partial charge on any atom is -0.462 e. The number of esters is 2. The Bertz CT molecular complexity index is 712. The summed E-state index contributed by atoms with van der Waals surface area (Å²) in [7, 11) is 0. The summed E-state index contributed by atoms with van der Waals surface area (Å²) in [5.41, 5.74) is 0. The first kappa shape index (κ1) is 40.1. The molecule has 6 heteroatoms. The predicted molar refractivity (Wildman–Crippen MR) is 174 cm³/mol. The molecule has 0 fully saturated rings. The van der Waals surface area contributed by atoms with Gasteiger partial charge in [0.05, 0.1) is 12.7 Å². The summed E-state index contributed by atoms with van der Waals surface area (Å²) in [5, 5.41) is 19.5. The molecule has 2 N–H and O–H groups in total. The third-order valence-corrected chi connectivity index (χ3v) is 7.23. The van der Waals surface area contributed by atoms with E-state index >= 15 is 0 Å². The number of aliphatic hydroxyl groups is 2. The van der Waals surface area contributed by atoms with E-state index in [1.54, 1.807) is 0 Å². The maximum absolute atomic E-state index is 12.1. The lowest BCUT2D eigenvalue weighted by Crippen LogP contribution is -2.28. The first-order chi connectivity index (χ1) is 20.4. The third kappa shape index (κ3) is 29.6. The molecule has 0 saturated heterocycles. The second-order valence-corrected chi connectivity index (χ2v) is 11.9. The number of carbonyl (C=O) groups is 2. The third-order valence-electron chi connectivity index (χ3n) is 7.23. The van der Waals surface area contributed by atoms with E-state index in [9.17, 15) is 19.8 Å². The molecule has 0 amide bonds. The van der Waals surface area contributed by atoms with Crippen LogP contribution in [0.5, 0.6) is 0 Å². The van der Waals surface area contributed by atoms with Crippen LogP contribution >= 0.6 is 0 Å². The number of rotatable bonds is 29. The molecule has 0 bridgehead atoms. The summed E-state index contributed by atoms with van der Waals surface area (Å²) in [6, 6.07) is 0. The van der Waals surface area contributed by atoms with E-state index in [0.717, 1.165) is 70.1 Å². The van der Waals surface area contributed by atoms with Crippen LogP contribution in [0.2, 0.25) is 0 Å². The minimum absolute atomic E-state index is 0.0969. The average Bonchev–Trinajstić information content (AvgIpc) is 2.96. The lowest BCUT2D eigenvalue weighted by atomic mass is 10.0. The van der Waals surface area contributed by atoms with E-state index in [1.807, 2.05) is 18.2 Å². The molecule has 6 nitrogen and oxygen atoms in total. The SMILES string of the molecule is CC/C=C/C/C=C/C=C/C(O)CCCCCCCC(=O)O[C@@H](CO)COC(=O)CCCCCCCCCCCC(C)C. The van der Waals surface area contributed by atoms with Crippen molar-refractivity contribution in [3.05, 3.63) is 36.5 Å². The zero-order valence-corrected chi connectivity index (χ0v) is 27.3. The molecule has 244 valence electrons. The molecular weight excluding hydrogens is 528 g/mol. The van der Waals surface area contributed by atoms with Crippen molar-refractivity contribution < 1.29 is 29.3 Å². The number of ether oxygens (including phenoxy) is 2. The molecular formula is C36H64O6. The number of hydrogen-bond acceptors (Lipinski definition) is 6. The average molecular weight is 593 g/mol. The zero-order valence-electron chi connectivity index (χ0n) is 27.3. The maximum Gasteiger partial charge on any atom is 0.306 e. The van der Waals surface area contributed by atoms with E-state index in [4.69, 9.17) is 9.47 Å². The fraction of sp³-hybridized carbons (Fsp3) is 0.778. The van der Waals surface area contributed by atoms with Crippen LogP contribution in [0.15, 0.2) is 36.5 Å². The van der Waals surface area contributed by atoms with Crippen molar-refractivity contribution >= 4 is 11.9 Å². The number of carbonyl (C=O) groups excluding carboxylic acids is 2. The Morgan fingerprint density at radius 1 is 0.690 bits per heavy atom. The van der Waals surface area contributed by atoms with Crippen LogP contribution in [0.4, 0.5) is 0 Å². The van der Waals surface area contributed by atoms with Gasteiger partial charge in [-0.15, -0.1) is 0 Å². The van der Waals surface area contributed by atoms with Crippen molar-refractivity contribution in [1.82, 2.24) is 0 Å². The number of hydrogen-bond donors (Lipinski definition) is 2. The van der Waals surface area contributed by atoms with Crippen molar-refractivity contribution in [2.45, 2.75) is 161 Å². The molecule has 0 saturated carbocycles. The Balaban J connectivity index is 3.70. The summed E-state index contributed by atoms with van der Waals surface area (Å²) in [4.78, 5) is 24.1. The molecule has 1 unspecified atom stereocenters. The Kier molecular flexibility index (Phi) is 29.1. The largest absolute Gasteiger partial charge is 0.462 e. The highest BCUT2D eigenvalue weighted by Gasteiger charge is 2.16. The summed E-state index contributed by atoms with van der Waals surface area (Å²) < 4.78 is 10.5. The molecule has 42 heavy (non-hydrogen) atoms. The molecule has 0 spiro atoms. The van der Waals surface area contributed by atoms with Crippen LogP contribution in [0.3, 0.4) is 0 Å². The molecule has 0 aromatic heterocycles. The van der Waals surface area contributed by atoms with Crippen molar-refractivity contribution in [2.24, 2.45) is 5.92 Å². The van der Waals surface area contributed by atoms with Crippen LogP contribution in [-0.4, -0.2) is 47.6 Å². The van der Waals surface area contributed by atoms with Crippen LogP contribution in [0, 0.1) is 5.92 Å². The normalized spacial score (nSPS) is 13.5. The van der Waals surface area contributed by atoms with Crippen molar-refractivity contribution in [3.8, 4) is 0 Å². The molecule has 0 aliphatic carbocycles. The second kappa shape index (κ2) is 30.5. The summed E-state index contributed by atoms with van der Waals surface area (Å²) >= 11 is 0. The maximum atomic E-state index is 12.1. The molecule has 0 aromatic carbocycles. The van der Waals surface area contributed by atoms with Gasteiger partial charge >= 0.3 is 11.9 Å². The molecule has 0 aliphatic rings. The van der Waals surface area contributed by atoms with Crippen LogP contribution in [-0.2, 0) is 19.1 Å². The van der Waals surface area contributed by atoms with E-state index in [0.29, 0.717) is 12.8 Å². The van der Waals surface area contributed by atoms with Gasteiger partial charge in [0.1, 0.15) is 6.61 Å². The van der Waals surface area contributed by atoms with Crippen molar-refractivity contribution in [2.75, 3.05) is 13.2 Å². The quantitative estimate of drug-likeness (QED) is 0.0390. The van der Waals surface area contributed by atoms with Crippen LogP contribution in [0.1, 0.15) is 149 Å². The Morgan fingerprint density at radius 3 is 1.81 bits per heavy atom. The van der Waals surface area contributed by atoms with Crippen molar-refractivity contribution in [3.63, 3.8) is 0 Å². The lowest BCUT2D eigenvalue weighted by molar-refractivity contribution is -0.161. The number of allylic oxidation sites excluding steroid dienone is 5. The van der Waals surface area contributed by atoms with Crippen LogP contribution < -0.4 is 0 Å². The highest BCUT2D eigenvalue weighted by molar-refractivity contribution is 5.70. The zero-order chi connectivity index (χ0) is 31.1. The van der Waals surface area contributed by atoms with Crippen LogP contribution in [0.25, 0.3) is 0 Å². The van der Waals surface area contributed by atoms with Gasteiger partial charge in [-0.2, -0.15) is 0 Å². The second-order valence-electron chi connectivity index (χ2n) is 11.9. The van der Waals surface area contributed by atoms with Gasteiger partial charge < -0.3 is 19.7 Å². The van der Waals surface area contributed by atoms with Gasteiger partial charge in [0.25, 0.3) is 0 Å². The van der Waals surface area contributed by atoms with Gasteiger partial charge in [-0.25, -0.2) is 0 Å². The van der Waals surface area contributed by atoms with Gasteiger partial charge in [-0.3, -0.25) is 9.59 Å². The Labute approximate surface area is 258 Å². The summed E-state index contributed by atoms with van der Waals surface area (Å²) in [5.74, 6) is 0.139.